The highest BCUT2D eigenvalue weighted by molar-refractivity contribution is 5.89. The second-order valence-corrected chi connectivity index (χ2v) is 4.83. The molecule has 0 N–H and O–H groups in total. The van der Waals surface area contributed by atoms with Crippen LogP contribution in [0.1, 0.15) is 15.9 Å². The molecule has 3 aromatic rings. The summed E-state index contributed by atoms with van der Waals surface area (Å²) in [7, 11) is 0. The molecule has 2 aromatic carbocycles. The number of aromatic nitrogens is 2. The number of carbonyl (C=O) groups excluding carboxylic acids is 1. The molecular weight excluding hydrogens is 302 g/mol. The van der Waals surface area contributed by atoms with Gasteiger partial charge in [-0.1, -0.05) is 18.2 Å². The lowest BCUT2D eigenvalue weighted by molar-refractivity contribution is 0.0472. The molecule has 0 spiro atoms. The van der Waals surface area contributed by atoms with Crippen LogP contribution in [0.25, 0.3) is 5.69 Å². The van der Waals surface area contributed by atoms with Crippen molar-refractivity contribution in [2.24, 2.45) is 0 Å². The first kappa shape index (κ1) is 14.9. The molecule has 0 unspecified atom stereocenters. The molecule has 0 saturated heterocycles. The standard InChI is InChI=1S/C17H12F2N2O2/c18-15-7-6-13(8-16(15)19)17(22)23-11-12-9-20-21(10-12)14-4-2-1-3-5-14/h1-10H,11H2. The van der Waals surface area contributed by atoms with E-state index in [2.05, 4.69) is 5.10 Å². The number of hydrogen-bond acceptors (Lipinski definition) is 3. The zero-order valence-corrected chi connectivity index (χ0v) is 11.9. The summed E-state index contributed by atoms with van der Waals surface area (Å²) in [6.45, 7) is -0.00926. The zero-order valence-electron chi connectivity index (χ0n) is 11.9. The van der Waals surface area contributed by atoms with E-state index in [1.54, 1.807) is 17.1 Å². The second kappa shape index (κ2) is 6.39. The van der Waals surface area contributed by atoms with Crippen molar-refractivity contribution in [2.75, 3.05) is 0 Å². The van der Waals surface area contributed by atoms with E-state index in [0.29, 0.717) is 5.56 Å². The molecule has 0 amide bonds. The van der Waals surface area contributed by atoms with Crippen LogP contribution in [0, 0.1) is 11.6 Å². The highest BCUT2D eigenvalue weighted by atomic mass is 19.2. The fourth-order valence-electron chi connectivity index (χ4n) is 2.01. The Bertz CT molecular complexity index is 832. The van der Waals surface area contributed by atoms with Crippen LogP contribution < -0.4 is 0 Å². The monoisotopic (exact) mass is 314 g/mol. The van der Waals surface area contributed by atoms with Crippen LogP contribution in [0.15, 0.2) is 60.9 Å². The first-order chi connectivity index (χ1) is 11.1. The van der Waals surface area contributed by atoms with Gasteiger partial charge >= 0.3 is 5.97 Å². The van der Waals surface area contributed by atoms with Crippen LogP contribution in [-0.2, 0) is 11.3 Å². The maximum atomic E-state index is 13.1. The summed E-state index contributed by atoms with van der Waals surface area (Å²) in [5.74, 6) is -2.82. The van der Waals surface area contributed by atoms with E-state index >= 15 is 0 Å². The van der Waals surface area contributed by atoms with Gasteiger partial charge < -0.3 is 4.74 Å². The molecule has 0 atom stereocenters. The lowest BCUT2D eigenvalue weighted by atomic mass is 10.2. The Balaban J connectivity index is 1.65. The van der Waals surface area contributed by atoms with Gasteiger partial charge in [-0.25, -0.2) is 18.3 Å². The molecule has 0 radical (unpaired) electrons. The molecule has 0 aliphatic heterocycles. The van der Waals surface area contributed by atoms with Crippen LogP contribution in [-0.4, -0.2) is 15.7 Å². The molecular formula is C17H12F2N2O2. The minimum atomic E-state index is -1.09. The van der Waals surface area contributed by atoms with Gasteiger partial charge in [0, 0.05) is 11.8 Å². The molecule has 0 aliphatic carbocycles. The Morgan fingerprint density at radius 1 is 1.09 bits per heavy atom. The smallest absolute Gasteiger partial charge is 0.338 e. The first-order valence-corrected chi connectivity index (χ1v) is 6.84. The lowest BCUT2D eigenvalue weighted by Crippen LogP contribution is -2.05. The number of esters is 1. The van der Waals surface area contributed by atoms with E-state index in [1.807, 2.05) is 30.3 Å². The van der Waals surface area contributed by atoms with E-state index in [4.69, 9.17) is 4.74 Å². The summed E-state index contributed by atoms with van der Waals surface area (Å²) in [6.07, 6.45) is 3.30. The normalized spacial score (nSPS) is 10.5. The molecule has 23 heavy (non-hydrogen) atoms. The average Bonchev–Trinajstić information content (AvgIpc) is 3.05. The number of rotatable bonds is 4. The Labute approximate surface area is 130 Å². The number of hydrogen-bond donors (Lipinski definition) is 0. The van der Waals surface area contributed by atoms with Crippen molar-refractivity contribution in [3.05, 3.63) is 83.7 Å². The Morgan fingerprint density at radius 2 is 1.87 bits per heavy atom. The Kier molecular flexibility index (Phi) is 4.14. The topological polar surface area (TPSA) is 44.1 Å². The zero-order chi connectivity index (χ0) is 16.2. The average molecular weight is 314 g/mol. The van der Waals surface area contributed by atoms with Gasteiger partial charge in [-0.15, -0.1) is 0 Å². The SMILES string of the molecule is O=C(OCc1cnn(-c2ccccc2)c1)c1ccc(F)c(F)c1. The minimum Gasteiger partial charge on any atom is -0.457 e. The predicted octanol–water partition coefficient (Wildman–Crippen LogP) is 3.51. The molecule has 0 saturated carbocycles. The van der Waals surface area contributed by atoms with Crippen molar-refractivity contribution in [1.82, 2.24) is 9.78 Å². The van der Waals surface area contributed by atoms with Crippen LogP contribution in [0.3, 0.4) is 0 Å². The van der Waals surface area contributed by atoms with Crippen LogP contribution in [0.5, 0.6) is 0 Å². The van der Waals surface area contributed by atoms with Gasteiger partial charge in [-0.05, 0) is 30.3 Å². The van der Waals surface area contributed by atoms with Gasteiger partial charge in [0.2, 0.25) is 0 Å². The van der Waals surface area contributed by atoms with Gasteiger partial charge in [-0.3, -0.25) is 0 Å². The van der Waals surface area contributed by atoms with Crippen molar-refractivity contribution < 1.29 is 18.3 Å². The third-order valence-corrected chi connectivity index (χ3v) is 3.18. The van der Waals surface area contributed by atoms with E-state index in [9.17, 15) is 13.6 Å². The molecule has 4 nitrogen and oxygen atoms in total. The van der Waals surface area contributed by atoms with E-state index < -0.39 is 17.6 Å². The Morgan fingerprint density at radius 3 is 2.61 bits per heavy atom. The van der Waals surface area contributed by atoms with Crippen molar-refractivity contribution in [2.45, 2.75) is 6.61 Å². The molecule has 116 valence electrons. The van der Waals surface area contributed by atoms with Gasteiger partial charge in [0.15, 0.2) is 11.6 Å². The summed E-state index contributed by atoms with van der Waals surface area (Å²) >= 11 is 0. The van der Waals surface area contributed by atoms with Crippen molar-refractivity contribution in [1.29, 1.82) is 0 Å². The van der Waals surface area contributed by atoms with Gasteiger partial charge in [-0.2, -0.15) is 5.10 Å². The highest BCUT2D eigenvalue weighted by Crippen LogP contribution is 2.12. The van der Waals surface area contributed by atoms with Crippen molar-refractivity contribution in [3.63, 3.8) is 0 Å². The highest BCUT2D eigenvalue weighted by Gasteiger charge is 2.11. The maximum Gasteiger partial charge on any atom is 0.338 e. The summed E-state index contributed by atoms with van der Waals surface area (Å²) in [6, 6.07) is 12.3. The number of carbonyl (C=O) groups is 1. The van der Waals surface area contributed by atoms with Crippen LogP contribution >= 0.6 is 0 Å². The lowest BCUT2D eigenvalue weighted by Gasteiger charge is -2.03. The van der Waals surface area contributed by atoms with Gasteiger partial charge in [0.1, 0.15) is 6.61 Å². The third kappa shape index (κ3) is 3.42. The molecule has 1 heterocycles. The van der Waals surface area contributed by atoms with Crippen LogP contribution in [0.2, 0.25) is 0 Å². The summed E-state index contributed by atoms with van der Waals surface area (Å²) in [4.78, 5) is 11.8. The maximum absolute atomic E-state index is 13.1. The van der Waals surface area contributed by atoms with Crippen LogP contribution in [0.4, 0.5) is 8.78 Å². The second-order valence-electron chi connectivity index (χ2n) is 4.83. The van der Waals surface area contributed by atoms with Gasteiger partial charge in [0.25, 0.3) is 0 Å². The summed E-state index contributed by atoms with van der Waals surface area (Å²) in [5, 5.41) is 4.18. The number of nitrogens with zero attached hydrogens (tertiary/aromatic N) is 2. The van der Waals surface area contributed by atoms with Gasteiger partial charge in [0.05, 0.1) is 17.4 Å². The fraction of sp³-hybridized carbons (Fsp3) is 0.0588. The van der Waals surface area contributed by atoms with E-state index in [1.165, 1.54) is 6.07 Å². The molecule has 0 bridgehead atoms. The Hall–Kier alpha value is -3.02. The minimum absolute atomic E-state index is 0.00926. The molecule has 6 heteroatoms. The molecule has 0 aliphatic rings. The molecule has 3 rings (SSSR count). The number of halogens is 2. The fourth-order valence-corrected chi connectivity index (χ4v) is 2.01. The van der Waals surface area contributed by atoms with Crippen molar-refractivity contribution >= 4 is 5.97 Å². The summed E-state index contributed by atoms with van der Waals surface area (Å²) in [5.41, 5.74) is 1.52. The third-order valence-electron chi connectivity index (χ3n) is 3.18. The predicted molar refractivity (Wildman–Crippen MR) is 79.0 cm³/mol. The number of ether oxygens (including phenoxy) is 1. The summed E-state index contributed by atoms with van der Waals surface area (Å²) < 4.78 is 32.7. The van der Waals surface area contributed by atoms with E-state index in [0.717, 1.165) is 17.8 Å². The van der Waals surface area contributed by atoms with E-state index in [-0.39, 0.29) is 12.2 Å². The molecule has 1 aromatic heterocycles. The first-order valence-electron chi connectivity index (χ1n) is 6.84. The largest absolute Gasteiger partial charge is 0.457 e. The molecule has 0 fully saturated rings. The quantitative estimate of drug-likeness (QED) is 0.692. The van der Waals surface area contributed by atoms with Crippen molar-refractivity contribution in [3.8, 4) is 5.69 Å². The number of para-hydroxylation sites is 1. The number of benzene rings is 2.